The fourth-order valence-corrected chi connectivity index (χ4v) is 7.22. The van der Waals surface area contributed by atoms with Crippen LogP contribution in [0, 0.1) is 23.7 Å². The van der Waals surface area contributed by atoms with Gasteiger partial charge in [0.2, 0.25) is 11.8 Å². The fraction of sp³-hybridized carbons (Fsp3) is 0.357. The first-order valence-electron chi connectivity index (χ1n) is 12.3. The lowest BCUT2D eigenvalue weighted by Crippen LogP contribution is -2.55. The van der Waals surface area contributed by atoms with Crippen molar-refractivity contribution in [3.8, 4) is 11.5 Å². The van der Waals surface area contributed by atoms with Crippen molar-refractivity contribution in [1.29, 1.82) is 0 Å². The van der Waals surface area contributed by atoms with Crippen LogP contribution in [0.3, 0.4) is 0 Å². The van der Waals surface area contributed by atoms with Gasteiger partial charge in [-0.2, -0.15) is 0 Å². The molecule has 1 aromatic heterocycles. The lowest BCUT2D eigenvalue weighted by atomic mass is 9.64. The number of benzene rings is 2. The molecule has 0 radical (unpaired) electrons. The number of para-hydroxylation sites is 1. The smallest absolute Gasteiger partial charge is 0.233 e. The molecule has 0 unspecified atom stereocenters. The van der Waals surface area contributed by atoms with Crippen LogP contribution in [-0.2, 0) is 20.9 Å². The van der Waals surface area contributed by atoms with Gasteiger partial charge in [0, 0.05) is 26.7 Å². The first-order chi connectivity index (χ1) is 17.8. The molecule has 9 heteroatoms. The number of likely N-dealkylation sites (tertiary alicyclic amines) is 1. The molecule has 192 valence electrons. The predicted octanol–water partition coefficient (Wildman–Crippen LogP) is 4.88. The Labute approximate surface area is 226 Å². The van der Waals surface area contributed by atoms with Gasteiger partial charge in [0.25, 0.3) is 0 Å². The number of halogens is 1. The van der Waals surface area contributed by atoms with Crippen molar-refractivity contribution in [3.05, 3.63) is 81.0 Å². The average molecular weight is 584 g/mol. The molecule has 3 aromatic rings. The summed E-state index contributed by atoms with van der Waals surface area (Å²) in [5, 5.41) is 24.5. The van der Waals surface area contributed by atoms with Crippen LogP contribution in [0.2, 0.25) is 0 Å². The molecule has 2 N–H and O–H groups in total. The van der Waals surface area contributed by atoms with E-state index in [4.69, 9.17) is 9.47 Å². The summed E-state index contributed by atoms with van der Waals surface area (Å²) in [6, 6.07) is 18.1. The molecule has 1 saturated carbocycles. The highest BCUT2D eigenvalue weighted by atomic mass is 79.9. The Kier molecular flexibility index (Phi) is 6.35. The Morgan fingerprint density at radius 2 is 1.89 bits per heavy atom. The molecule has 3 aliphatic rings. The van der Waals surface area contributed by atoms with E-state index in [9.17, 15) is 19.8 Å². The van der Waals surface area contributed by atoms with Crippen molar-refractivity contribution in [1.82, 2.24) is 4.90 Å². The van der Waals surface area contributed by atoms with E-state index >= 15 is 0 Å². The third-order valence-corrected chi connectivity index (χ3v) is 9.23. The third-order valence-electron chi connectivity index (χ3n) is 7.88. The number of phenols is 1. The molecule has 2 aromatic carbocycles. The molecule has 6 rings (SSSR count). The van der Waals surface area contributed by atoms with Gasteiger partial charge >= 0.3 is 0 Å². The van der Waals surface area contributed by atoms with Gasteiger partial charge in [0.05, 0.1) is 31.1 Å². The second-order valence-electron chi connectivity index (χ2n) is 9.93. The first-order valence-corrected chi connectivity index (χ1v) is 14.0. The van der Waals surface area contributed by atoms with Crippen molar-refractivity contribution in [2.75, 3.05) is 6.61 Å². The van der Waals surface area contributed by atoms with Crippen LogP contribution in [0.1, 0.15) is 29.4 Å². The normalized spacial score (nSPS) is 30.9. The topological polar surface area (TPSA) is 96.3 Å². The number of hydrogen-bond acceptors (Lipinski definition) is 7. The number of amides is 2. The third kappa shape index (κ3) is 4.27. The van der Waals surface area contributed by atoms with Crippen LogP contribution in [0.5, 0.6) is 11.5 Å². The zero-order valence-corrected chi connectivity index (χ0v) is 22.2. The minimum absolute atomic E-state index is 0.0530. The van der Waals surface area contributed by atoms with Gasteiger partial charge < -0.3 is 19.7 Å². The molecule has 7 nitrogen and oxygen atoms in total. The first kappa shape index (κ1) is 24.6. The number of rotatable bonds is 6. The number of fused-ring (bicyclic) bond motifs is 3. The predicted molar refractivity (Wildman–Crippen MR) is 140 cm³/mol. The zero-order chi connectivity index (χ0) is 25.7. The minimum Gasteiger partial charge on any atom is -0.508 e. The van der Waals surface area contributed by atoms with Crippen LogP contribution in [-0.4, -0.2) is 39.3 Å². The second kappa shape index (κ2) is 9.54. The van der Waals surface area contributed by atoms with E-state index in [1.54, 1.807) is 18.2 Å². The highest BCUT2D eigenvalue weighted by molar-refractivity contribution is 9.10. The number of carbonyl (C=O) groups is 2. The average Bonchev–Trinajstić information content (AvgIpc) is 3.59. The highest BCUT2D eigenvalue weighted by Gasteiger charge is 2.67. The number of aliphatic hydroxyl groups is 1. The molecule has 2 saturated heterocycles. The van der Waals surface area contributed by atoms with Gasteiger partial charge in [-0.05, 0) is 54.6 Å². The molecule has 1 aliphatic carbocycles. The van der Waals surface area contributed by atoms with Crippen LogP contribution in [0.25, 0.3) is 0 Å². The lowest BCUT2D eigenvalue weighted by Gasteiger charge is -2.44. The largest absolute Gasteiger partial charge is 0.508 e. The molecule has 37 heavy (non-hydrogen) atoms. The standard InChI is InChI=1S/C28H26BrNO6S/c29-17-8-9-23(31)20(12-17)24-13-22-25-21(26(32)30(27(25)33)14-19-7-4-10-37-19)11-16(28(22,34)36-24)15-35-18-5-2-1-3-6-18/h1-10,12,16,21-22,24-25,31,34H,11,13-15H2/t16-,21+,22+,24+,25+,28-/m1/s1. The molecule has 2 aliphatic heterocycles. The van der Waals surface area contributed by atoms with Crippen molar-refractivity contribution in [2.24, 2.45) is 23.7 Å². The van der Waals surface area contributed by atoms with E-state index in [0.717, 1.165) is 9.35 Å². The van der Waals surface area contributed by atoms with Crippen molar-refractivity contribution in [3.63, 3.8) is 0 Å². The maximum Gasteiger partial charge on any atom is 0.233 e. The van der Waals surface area contributed by atoms with E-state index in [0.29, 0.717) is 17.7 Å². The maximum absolute atomic E-state index is 13.7. The van der Waals surface area contributed by atoms with E-state index in [1.807, 2.05) is 47.8 Å². The van der Waals surface area contributed by atoms with Gasteiger partial charge in [-0.25, -0.2) is 0 Å². The van der Waals surface area contributed by atoms with E-state index in [-0.39, 0.29) is 37.1 Å². The Bertz CT molecular complexity index is 1320. The number of hydrogen-bond donors (Lipinski definition) is 2. The summed E-state index contributed by atoms with van der Waals surface area (Å²) in [4.78, 5) is 29.5. The number of imide groups is 1. The fourth-order valence-electron chi connectivity index (χ4n) is 6.14. The SMILES string of the molecule is O=C1[C@H]2[C@H](C[C@H](COc3ccccc3)[C@@]3(O)O[C@H](c4cc(Br)ccc4O)C[C@@H]23)C(=O)N1Cc1cccs1. The summed E-state index contributed by atoms with van der Waals surface area (Å²) in [5.74, 6) is -3.87. The van der Waals surface area contributed by atoms with Crippen molar-refractivity contribution >= 4 is 39.1 Å². The van der Waals surface area contributed by atoms with Gasteiger partial charge in [-0.3, -0.25) is 14.5 Å². The number of ether oxygens (including phenoxy) is 2. The summed E-state index contributed by atoms with van der Waals surface area (Å²) in [6.07, 6.45) is -0.0671. The minimum atomic E-state index is -1.69. The lowest BCUT2D eigenvalue weighted by molar-refractivity contribution is -0.272. The Balaban J connectivity index is 1.34. The van der Waals surface area contributed by atoms with Gasteiger partial charge in [0.1, 0.15) is 11.5 Å². The monoisotopic (exact) mass is 583 g/mol. The summed E-state index contributed by atoms with van der Waals surface area (Å²) in [5.41, 5.74) is 0.531. The highest BCUT2D eigenvalue weighted by Crippen LogP contribution is 2.59. The molecular weight excluding hydrogens is 558 g/mol. The maximum atomic E-state index is 13.7. The Morgan fingerprint density at radius 3 is 2.65 bits per heavy atom. The van der Waals surface area contributed by atoms with E-state index < -0.39 is 35.6 Å². The van der Waals surface area contributed by atoms with Gasteiger partial charge in [0.15, 0.2) is 5.79 Å². The van der Waals surface area contributed by atoms with Gasteiger partial charge in [-0.1, -0.05) is 40.2 Å². The zero-order valence-electron chi connectivity index (χ0n) is 19.8. The molecular formula is C28H26BrNO6S. The van der Waals surface area contributed by atoms with Crippen LogP contribution in [0.4, 0.5) is 0 Å². The number of thiophene rings is 1. The van der Waals surface area contributed by atoms with Crippen LogP contribution < -0.4 is 4.74 Å². The van der Waals surface area contributed by atoms with E-state index in [2.05, 4.69) is 15.9 Å². The quantitative estimate of drug-likeness (QED) is 0.401. The summed E-state index contributed by atoms with van der Waals surface area (Å²) in [7, 11) is 0. The number of carbonyl (C=O) groups excluding carboxylic acids is 2. The second-order valence-corrected chi connectivity index (χ2v) is 11.9. The molecule has 6 atom stereocenters. The van der Waals surface area contributed by atoms with Crippen LogP contribution in [0.15, 0.2) is 70.5 Å². The van der Waals surface area contributed by atoms with E-state index in [1.165, 1.54) is 16.2 Å². The molecule has 2 amide bonds. The molecule has 0 spiro atoms. The van der Waals surface area contributed by atoms with Crippen molar-refractivity contribution in [2.45, 2.75) is 31.3 Å². The molecule has 0 bridgehead atoms. The summed E-state index contributed by atoms with van der Waals surface area (Å²) < 4.78 is 13.1. The Hall–Kier alpha value is -2.72. The summed E-state index contributed by atoms with van der Waals surface area (Å²) in [6.45, 7) is 0.360. The van der Waals surface area contributed by atoms with Crippen LogP contribution >= 0.6 is 27.3 Å². The molecule has 3 fully saturated rings. The van der Waals surface area contributed by atoms with Gasteiger partial charge in [-0.15, -0.1) is 11.3 Å². The number of phenolic OH excluding ortho intramolecular Hbond substituents is 1. The Morgan fingerprint density at radius 1 is 1.08 bits per heavy atom. The number of aromatic hydroxyl groups is 1. The van der Waals surface area contributed by atoms with Crippen molar-refractivity contribution < 1.29 is 29.3 Å². The number of nitrogens with zero attached hydrogens (tertiary/aromatic N) is 1. The summed E-state index contributed by atoms with van der Waals surface area (Å²) >= 11 is 4.94. The molecule has 3 heterocycles.